The molecule has 98 valence electrons. The Kier molecular flexibility index (Phi) is 4.15. The first-order valence-electron chi connectivity index (χ1n) is 6.32. The molecular formula is C13H19N3O2. The molecule has 1 aromatic rings. The van der Waals surface area contributed by atoms with Crippen LogP contribution in [0.25, 0.3) is 0 Å². The number of hydrogen-bond donors (Lipinski definition) is 2. The number of nitrogens with one attached hydrogen (secondary N) is 1. The molecule has 5 heteroatoms. The second-order valence-electron chi connectivity index (χ2n) is 4.55. The highest BCUT2D eigenvalue weighted by atomic mass is 16.5. The van der Waals surface area contributed by atoms with E-state index in [1.165, 1.54) is 6.20 Å². The number of anilines is 1. The molecule has 0 aliphatic carbocycles. The highest BCUT2D eigenvalue weighted by Gasteiger charge is 2.26. The molecule has 0 spiro atoms. The fourth-order valence-electron chi connectivity index (χ4n) is 2.26. The maximum absolute atomic E-state index is 11.9. The van der Waals surface area contributed by atoms with E-state index in [4.69, 9.17) is 10.5 Å². The Hall–Kier alpha value is -1.62. The summed E-state index contributed by atoms with van der Waals surface area (Å²) in [7, 11) is 0. The minimum absolute atomic E-state index is 0.177. The molecule has 0 aromatic carbocycles. The normalized spacial score (nSPS) is 22.9. The number of nitrogens with zero attached hydrogens (tertiary/aromatic N) is 1. The molecule has 2 unspecified atom stereocenters. The van der Waals surface area contributed by atoms with Gasteiger partial charge in [-0.3, -0.25) is 9.78 Å². The van der Waals surface area contributed by atoms with E-state index >= 15 is 0 Å². The van der Waals surface area contributed by atoms with Gasteiger partial charge in [-0.1, -0.05) is 6.92 Å². The van der Waals surface area contributed by atoms with Gasteiger partial charge in [-0.25, -0.2) is 0 Å². The lowest BCUT2D eigenvalue weighted by Crippen LogP contribution is -2.33. The minimum Gasteiger partial charge on any atom is -0.399 e. The fourth-order valence-corrected chi connectivity index (χ4v) is 2.26. The number of hydrogen-bond acceptors (Lipinski definition) is 4. The van der Waals surface area contributed by atoms with Gasteiger partial charge in [-0.15, -0.1) is 0 Å². The predicted octanol–water partition coefficient (Wildman–Crippen LogP) is 1.21. The summed E-state index contributed by atoms with van der Waals surface area (Å²) in [6.07, 6.45) is 3.79. The van der Waals surface area contributed by atoms with E-state index in [0.717, 1.165) is 19.4 Å². The highest BCUT2D eigenvalue weighted by Crippen LogP contribution is 2.22. The van der Waals surface area contributed by atoms with Crippen LogP contribution >= 0.6 is 0 Å². The van der Waals surface area contributed by atoms with Crippen molar-refractivity contribution in [3.05, 3.63) is 24.0 Å². The van der Waals surface area contributed by atoms with Crippen molar-refractivity contribution < 1.29 is 9.53 Å². The van der Waals surface area contributed by atoms with Crippen molar-refractivity contribution in [3.8, 4) is 0 Å². The summed E-state index contributed by atoms with van der Waals surface area (Å²) in [5.41, 5.74) is 6.53. The first-order chi connectivity index (χ1) is 8.70. The van der Waals surface area contributed by atoms with Crippen LogP contribution in [0.15, 0.2) is 18.3 Å². The summed E-state index contributed by atoms with van der Waals surface area (Å²) >= 11 is 0. The molecule has 1 aromatic heterocycles. The van der Waals surface area contributed by atoms with Crippen LogP contribution in [0.1, 0.15) is 30.3 Å². The van der Waals surface area contributed by atoms with Crippen LogP contribution in [0.5, 0.6) is 0 Å². The molecule has 1 aliphatic rings. The smallest absolute Gasteiger partial charge is 0.269 e. The average Bonchev–Trinajstić information content (AvgIpc) is 2.83. The molecule has 0 saturated carbocycles. The number of nitrogens with two attached hydrogens (primary N) is 1. The number of nitrogen functional groups attached to an aromatic ring is 1. The number of carbonyl (C=O) groups excluding carboxylic acids is 1. The van der Waals surface area contributed by atoms with Crippen molar-refractivity contribution in [2.75, 3.05) is 18.9 Å². The van der Waals surface area contributed by atoms with Crippen molar-refractivity contribution in [1.82, 2.24) is 10.3 Å². The topological polar surface area (TPSA) is 77.2 Å². The molecule has 0 radical (unpaired) electrons. The molecule has 2 rings (SSSR count). The van der Waals surface area contributed by atoms with Crippen molar-refractivity contribution in [2.24, 2.45) is 5.92 Å². The zero-order valence-electron chi connectivity index (χ0n) is 10.6. The average molecular weight is 249 g/mol. The highest BCUT2D eigenvalue weighted by molar-refractivity contribution is 5.92. The Morgan fingerprint density at radius 1 is 1.67 bits per heavy atom. The standard InChI is InChI=1S/C13H19N3O2/c1-2-12-9(4-6-18-12)8-16-13(17)11-7-10(14)3-5-15-11/h3,5,7,9,12H,2,4,6,8H2,1H3,(H2,14,15)(H,16,17). The molecule has 5 nitrogen and oxygen atoms in total. The number of carbonyl (C=O) groups is 1. The molecule has 1 fully saturated rings. The van der Waals surface area contributed by atoms with Crippen molar-refractivity contribution >= 4 is 11.6 Å². The number of rotatable bonds is 4. The first kappa shape index (κ1) is 12.8. The molecule has 1 saturated heterocycles. The molecule has 2 atom stereocenters. The maximum atomic E-state index is 11.9. The second-order valence-corrected chi connectivity index (χ2v) is 4.55. The van der Waals surface area contributed by atoms with E-state index in [1.54, 1.807) is 12.1 Å². The number of amides is 1. The zero-order chi connectivity index (χ0) is 13.0. The van der Waals surface area contributed by atoms with Crippen LogP contribution in [-0.4, -0.2) is 30.1 Å². The largest absolute Gasteiger partial charge is 0.399 e. The van der Waals surface area contributed by atoms with Crippen LogP contribution in [0.4, 0.5) is 5.69 Å². The number of ether oxygens (including phenoxy) is 1. The van der Waals surface area contributed by atoms with E-state index in [9.17, 15) is 4.79 Å². The Labute approximate surface area is 107 Å². The summed E-state index contributed by atoms with van der Waals surface area (Å²) in [5.74, 6) is 0.226. The second kappa shape index (κ2) is 5.82. The van der Waals surface area contributed by atoms with E-state index in [-0.39, 0.29) is 12.0 Å². The van der Waals surface area contributed by atoms with E-state index in [0.29, 0.717) is 23.8 Å². The van der Waals surface area contributed by atoms with Gasteiger partial charge in [0, 0.05) is 31.0 Å². The van der Waals surface area contributed by atoms with Crippen molar-refractivity contribution in [1.29, 1.82) is 0 Å². The fraction of sp³-hybridized carbons (Fsp3) is 0.538. The SMILES string of the molecule is CCC1OCCC1CNC(=O)c1cc(N)ccn1. The van der Waals surface area contributed by atoms with Gasteiger partial charge >= 0.3 is 0 Å². The summed E-state index contributed by atoms with van der Waals surface area (Å²) in [5, 5.41) is 2.90. The summed E-state index contributed by atoms with van der Waals surface area (Å²) in [4.78, 5) is 15.9. The zero-order valence-corrected chi connectivity index (χ0v) is 10.6. The summed E-state index contributed by atoms with van der Waals surface area (Å²) in [6.45, 7) is 3.52. The summed E-state index contributed by atoms with van der Waals surface area (Å²) < 4.78 is 5.58. The minimum atomic E-state index is -0.177. The van der Waals surface area contributed by atoms with Gasteiger partial charge in [0.15, 0.2) is 0 Å². The molecular weight excluding hydrogens is 230 g/mol. The van der Waals surface area contributed by atoms with Crippen LogP contribution in [-0.2, 0) is 4.74 Å². The van der Waals surface area contributed by atoms with E-state index in [2.05, 4.69) is 17.2 Å². The molecule has 1 amide bonds. The molecule has 2 heterocycles. The van der Waals surface area contributed by atoms with Gasteiger partial charge in [0.05, 0.1) is 6.10 Å². The van der Waals surface area contributed by atoms with E-state index < -0.39 is 0 Å². The third-order valence-electron chi connectivity index (χ3n) is 3.29. The quantitative estimate of drug-likeness (QED) is 0.840. The monoisotopic (exact) mass is 249 g/mol. The third kappa shape index (κ3) is 2.98. The van der Waals surface area contributed by atoms with Crippen molar-refractivity contribution in [3.63, 3.8) is 0 Å². The molecule has 0 bridgehead atoms. The lowest BCUT2D eigenvalue weighted by molar-refractivity contribution is 0.0825. The van der Waals surface area contributed by atoms with Crippen LogP contribution < -0.4 is 11.1 Å². The third-order valence-corrected chi connectivity index (χ3v) is 3.29. The Morgan fingerprint density at radius 3 is 3.22 bits per heavy atom. The van der Waals surface area contributed by atoms with Gasteiger partial charge in [-0.2, -0.15) is 0 Å². The number of pyridine rings is 1. The van der Waals surface area contributed by atoms with E-state index in [1.807, 2.05) is 0 Å². The Bertz CT molecular complexity index is 422. The molecule has 18 heavy (non-hydrogen) atoms. The van der Waals surface area contributed by atoms with Gasteiger partial charge in [0.2, 0.25) is 0 Å². The van der Waals surface area contributed by atoms with Crippen LogP contribution in [0.3, 0.4) is 0 Å². The predicted molar refractivity (Wildman–Crippen MR) is 69.1 cm³/mol. The molecule has 1 aliphatic heterocycles. The lowest BCUT2D eigenvalue weighted by Gasteiger charge is -2.17. The number of aromatic nitrogens is 1. The summed E-state index contributed by atoms with van der Waals surface area (Å²) in [6, 6.07) is 3.24. The van der Waals surface area contributed by atoms with Gasteiger partial charge in [-0.05, 0) is 25.0 Å². The van der Waals surface area contributed by atoms with Gasteiger partial charge < -0.3 is 15.8 Å². The maximum Gasteiger partial charge on any atom is 0.269 e. The molecule has 3 N–H and O–H groups in total. The Morgan fingerprint density at radius 2 is 2.50 bits per heavy atom. The van der Waals surface area contributed by atoms with Crippen molar-refractivity contribution in [2.45, 2.75) is 25.9 Å². The van der Waals surface area contributed by atoms with Crippen LogP contribution in [0, 0.1) is 5.92 Å². The van der Waals surface area contributed by atoms with Gasteiger partial charge in [0.1, 0.15) is 5.69 Å². The van der Waals surface area contributed by atoms with Crippen LogP contribution in [0.2, 0.25) is 0 Å². The first-order valence-corrected chi connectivity index (χ1v) is 6.32. The van der Waals surface area contributed by atoms with Gasteiger partial charge in [0.25, 0.3) is 5.91 Å². The lowest BCUT2D eigenvalue weighted by atomic mass is 10.00. The Balaban J connectivity index is 1.88.